The number of phenolic OH excluding ortho intramolecular Hbond substituents is 1. The summed E-state index contributed by atoms with van der Waals surface area (Å²) >= 11 is 0. The molecule has 6 heteroatoms. The van der Waals surface area contributed by atoms with E-state index < -0.39 is 5.82 Å². The third kappa shape index (κ3) is 6.93. The van der Waals surface area contributed by atoms with E-state index in [-0.39, 0.29) is 29.7 Å². The first kappa shape index (κ1) is 18.9. The highest BCUT2D eigenvalue weighted by molar-refractivity contribution is 14.0. The summed E-state index contributed by atoms with van der Waals surface area (Å²) in [4.78, 5) is 4.09. The van der Waals surface area contributed by atoms with Crippen LogP contribution in [-0.2, 0) is 6.54 Å². The summed E-state index contributed by atoms with van der Waals surface area (Å²) in [5.41, 5.74) is 0.752. The van der Waals surface area contributed by atoms with Gasteiger partial charge < -0.3 is 15.7 Å². The lowest BCUT2D eigenvalue weighted by molar-refractivity contribution is 0.431. The van der Waals surface area contributed by atoms with Crippen LogP contribution < -0.4 is 10.6 Å². The van der Waals surface area contributed by atoms with Crippen molar-refractivity contribution in [1.29, 1.82) is 0 Å². The summed E-state index contributed by atoms with van der Waals surface area (Å²) in [5.74, 6) is 0.385. The number of nitrogens with one attached hydrogen (secondary N) is 2. The van der Waals surface area contributed by atoms with Crippen molar-refractivity contribution in [3.8, 4) is 5.75 Å². The Morgan fingerprint density at radius 1 is 1.35 bits per heavy atom. The zero-order valence-corrected chi connectivity index (χ0v) is 14.4. The molecule has 0 saturated heterocycles. The van der Waals surface area contributed by atoms with Gasteiger partial charge >= 0.3 is 0 Å². The number of nitrogens with zero attached hydrogens (tertiary/aromatic N) is 1. The average Bonchev–Trinajstić information content (AvgIpc) is 2.37. The van der Waals surface area contributed by atoms with E-state index in [9.17, 15) is 4.39 Å². The van der Waals surface area contributed by atoms with Crippen molar-refractivity contribution in [2.24, 2.45) is 10.9 Å². The normalized spacial score (nSPS) is 11.2. The molecule has 0 bridgehead atoms. The van der Waals surface area contributed by atoms with Crippen molar-refractivity contribution in [2.45, 2.75) is 26.8 Å². The van der Waals surface area contributed by atoms with Gasteiger partial charge in [0, 0.05) is 20.1 Å². The fourth-order valence-electron chi connectivity index (χ4n) is 1.55. The molecule has 4 nitrogen and oxygen atoms in total. The molecule has 0 heterocycles. The van der Waals surface area contributed by atoms with E-state index in [0.717, 1.165) is 18.5 Å². The van der Waals surface area contributed by atoms with Crippen LogP contribution in [0.3, 0.4) is 0 Å². The minimum absolute atomic E-state index is 0. The molecule has 1 rings (SSSR count). The van der Waals surface area contributed by atoms with E-state index in [0.29, 0.717) is 18.4 Å². The Kier molecular flexibility index (Phi) is 9.28. The quantitative estimate of drug-likeness (QED) is 0.408. The number of hydrogen-bond donors (Lipinski definition) is 3. The maximum Gasteiger partial charge on any atom is 0.191 e. The van der Waals surface area contributed by atoms with Gasteiger partial charge in [0.15, 0.2) is 17.5 Å². The van der Waals surface area contributed by atoms with Crippen molar-refractivity contribution < 1.29 is 9.50 Å². The molecule has 0 unspecified atom stereocenters. The van der Waals surface area contributed by atoms with Gasteiger partial charge in [-0.3, -0.25) is 4.99 Å². The number of aliphatic imine (C=N–C) groups is 1. The Bertz CT molecular complexity index is 438. The molecule has 0 spiro atoms. The van der Waals surface area contributed by atoms with Crippen LogP contribution in [0.2, 0.25) is 0 Å². The molecule has 114 valence electrons. The molecule has 0 fully saturated rings. The van der Waals surface area contributed by atoms with Gasteiger partial charge in [-0.05, 0) is 30.0 Å². The Hall–Kier alpha value is -1.05. The number of guanidine groups is 1. The Labute approximate surface area is 136 Å². The smallest absolute Gasteiger partial charge is 0.191 e. The van der Waals surface area contributed by atoms with E-state index in [1.807, 2.05) is 0 Å². The van der Waals surface area contributed by atoms with Crippen LogP contribution in [0, 0.1) is 11.7 Å². The summed E-state index contributed by atoms with van der Waals surface area (Å²) in [6, 6.07) is 4.33. The van der Waals surface area contributed by atoms with Crippen LogP contribution in [0.15, 0.2) is 23.2 Å². The van der Waals surface area contributed by atoms with E-state index in [1.54, 1.807) is 13.1 Å². The first-order valence-corrected chi connectivity index (χ1v) is 6.45. The highest BCUT2D eigenvalue weighted by Gasteiger charge is 2.03. The number of phenols is 1. The first-order valence-electron chi connectivity index (χ1n) is 6.45. The lowest BCUT2D eigenvalue weighted by Crippen LogP contribution is -2.37. The minimum atomic E-state index is -0.609. The van der Waals surface area contributed by atoms with Gasteiger partial charge in [-0.25, -0.2) is 4.39 Å². The number of aromatic hydroxyl groups is 1. The molecular weight excluding hydrogens is 372 g/mol. The maximum absolute atomic E-state index is 13.2. The third-order valence-corrected chi connectivity index (χ3v) is 2.71. The molecule has 0 saturated carbocycles. The van der Waals surface area contributed by atoms with Crippen LogP contribution in [0.25, 0.3) is 0 Å². The van der Waals surface area contributed by atoms with Gasteiger partial charge in [0.05, 0.1) is 0 Å². The topological polar surface area (TPSA) is 56.7 Å². The lowest BCUT2D eigenvalue weighted by Gasteiger charge is -2.13. The van der Waals surface area contributed by atoms with Gasteiger partial charge in [0.25, 0.3) is 0 Å². The standard InChI is InChI=1S/C14H22FN3O.HI/c1-10(2)6-7-17-14(16-3)18-9-11-4-5-13(19)12(15)8-11;/h4-5,8,10,19H,6-7,9H2,1-3H3,(H2,16,17,18);1H. The molecule has 0 radical (unpaired) electrons. The summed E-state index contributed by atoms with van der Waals surface area (Å²) in [5, 5.41) is 15.4. The van der Waals surface area contributed by atoms with E-state index in [1.165, 1.54) is 12.1 Å². The van der Waals surface area contributed by atoms with E-state index in [4.69, 9.17) is 5.11 Å². The molecule has 20 heavy (non-hydrogen) atoms. The lowest BCUT2D eigenvalue weighted by atomic mass is 10.1. The van der Waals surface area contributed by atoms with Gasteiger partial charge in [0.1, 0.15) is 0 Å². The molecule has 0 aliphatic rings. The Balaban J connectivity index is 0.00000361. The Morgan fingerprint density at radius 2 is 2.05 bits per heavy atom. The molecular formula is C14H23FIN3O. The van der Waals surface area contributed by atoms with Crippen LogP contribution in [0.5, 0.6) is 5.75 Å². The summed E-state index contributed by atoms with van der Waals surface area (Å²) < 4.78 is 13.2. The van der Waals surface area contributed by atoms with Crippen molar-refractivity contribution >= 4 is 29.9 Å². The molecule has 1 aromatic carbocycles. The van der Waals surface area contributed by atoms with Crippen LogP contribution >= 0.6 is 24.0 Å². The fraction of sp³-hybridized carbons (Fsp3) is 0.500. The maximum atomic E-state index is 13.2. The van der Waals surface area contributed by atoms with E-state index >= 15 is 0 Å². The molecule has 1 aromatic rings. The average molecular weight is 395 g/mol. The highest BCUT2D eigenvalue weighted by atomic mass is 127. The SMILES string of the molecule is CN=C(NCCC(C)C)NCc1ccc(O)c(F)c1.I. The zero-order valence-electron chi connectivity index (χ0n) is 12.1. The first-order chi connectivity index (χ1) is 9.02. The van der Waals surface area contributed by atoms with Gasteiger partial charge in [-0.2, -0.15) is 0 Å². The highest BCUT2D eigenvalue weighted by Crippen LogP contribution is 2.15. The second-order valence-corrected chi connectivity index (χ2v) is 4.82. The van der Waals surface area contributed by atoms with Gasteiger partial charge in [-0.1, -0.05) is 19.9 Å². The molecule has 0 aliphatic heterocycles. The predicted octanol–water partition coefficient (Wildman–Crippen LogP) is 2.86. The fourth-order valence-corrected chi connectivity index (χ4v) is 1.55. The summed E-state index contributed by atoms with van der Waals surface area (Å²) in [6.07, 6.45) is 1.06. The molecule has 0 amide bonds. The number of benzene rings is 1. The van der Waals surface area contributed by atoms with Gasteiger partial charge in [-0.15, -0.1) is 24.0 Å². The molecule has 0 aromatic heterocycles. The molecule has 0 aliphatic carbocycles. The summed E-state index contributed by atoms with van der Waals surface area (Å²) in [7, 11) is 1.70. The van der Waals surface area contributed by atoms with Crippen LogP contribution in [0.1, 0.15) is 25.8 Å². The second-order valence-electron chi connectivity index (χ2n) is 4.82. The van der Waals surface area contributed by atoms with Crippen LogP contribution in [-0.4, -0.2) is 24.7 Å². The zero-order chi connectivity index (χ0) is 14.3. The predicted molar refractivity (Wildman–Crippen MR) is 91.1 cm³/mol. The van der Waals surface area contributed by atoms with Crippen molar-refractivity contribution in [1.82, 2.24) is 10.6 Å². The van der Waals surface area contributed by atoms with Crippen molar-refractivity contribution in [3.63, 3.8) is 0 Å². The number of halogens is 2. The monoisotopic (exact) mass is 395 g/mol. The summed E-state index contributed by atoms with van der Waals surface area (Å²) in [6.45, 7) is 5.63. The largest absolute Gasteiger partial charge is 0.505 e. The number of hydrogen-bond acceptors (Lipinski definition) is 2. The third-order valence-electron chi connectivity index (χ3n) is 2.71. The Morgan fingerprint density at radius 3 is 2.60 bits per heavy atom. The molecule has 0 atom stereocenters. The second kappa shape index (κ2) is 9.79. The van der Waals surface area contributed by atoms with Crippen molar-refractivity contribution in [2.75, 3.05) is 13.6 Å². The van der Waals surface area contributed by atoms with E-state index in [2.05, 4.69) is 29.5 Å². The van der Waals surface area contributed by atoms with Gasteiger partial charge in [0.2, 0.25) is 0 Å². The number of rotatable bonds is 5. The molecule has 3 N–H and O–H groups in total. The van der Waals surface area contributed by atoms with Crippen molar-refractivity contribution in [3.05, 3.63) is 29.6 Å². The van der Waals surface area contributed by atoms with Crippen LogP contribution in [0.4, 0.5) is 4.39 Å². The minimum Gasteiger partial charge on any atom is -0.505 e.